The van der Waals surface area contributed by atoms with Gasteiger partial charge in [0.2, 0.25) is 0 Å². The number of carbonyl (C=O) groups excluding carboxylic acids is 2. The van der Waals surface area contributed by atoms with Crippen molar-refractivity contribution in [2.24, 2.45) is 10.9 Å². The van der Waals surface area contributed by atoms with Crippen LogP contribution in [0, 0.1) is 5.92 Å². The maximum atomic E-state index is 12.7. The smallest absolute Gasteiger partial charge is 0.341 e. The van der Waals surface area contributed by atoms with E-state index in [-0.39, 0.29) is 12.4 Å². The van der Waals surface area contributed by atoms with Gasteiger partial charge >= 0.3 is 12.0 Å². The number of hydrogen-bond acceptors (Lipinski definition) is 4. The van der Waals surface area contributed by atoms with Gasteiger partial charge in [0.1, 0.15) is 11.7 Å². The summed E-state index contributed by atoms with van der Waals surface area (Å²) in [4.78, 5) is 28.3. The molecular formula is C20H20N2O4. The first kappa shape index (κ1) is 17.7. The number of esters is 1. The summed E-state index contributed by atoms with van der Waals surface area (Å²) in [6.45, 7) is 1.90. The largest absolute Gasteiger partial charge is 0.508 e. The number of amides is 2. The molecule has 1 aliphatic heterocycles. The highest BCUT2D eigenvalue weighted by molar-refractivity contribution is 6.08. The number of benzene rings is 2. The van der Waals surface area contributed by atoms with Gasteiger partial charge in [-0.2, -0.15) is 0 Å². The zero-order chi connectivity index (χ0) is 18.5. The third kappa shape index (κ3) is 4.08. The number of nitrogens with one attached hydrogen (secondary N) is 1. The maximum absolute atomic E-state index is 12.7. The lowest BCUT2D eigenvalue weighted by Crippen LogP contribution is -2.44. The van der Waals surface area contributed by atoms with Crippen molar-refractivity contribution in [2.45, 2.75) is 19.4 Å². The van der Waals surface area contributed by atoms with E-state index >= 15 is 0 Å². The molecule has 2 atom stereocenters. The molecule has 2 N–H and O–H groups in total. The van der Waals surface area contributed by atoms with Crippen LogP contribution in [0.5, 0.6) is 5.75 Å². The first-order chi connectivity index (χ1) is 12.5. The second kappa shape index (κ2) is 7.82. The molecule has 3 rings (SSSR count). The Labute approximate surface area is 151 Å². The third-order valence-corrected chi connectivity index (χ3v) is 4.32. The lowest BCUT2D eigenvalue weighted by atomic mass is 9.88. The maximum Gasteiger partial charge on any atom is 0.341 e. The van der Waals surface area contributed by atoms with Gasteiger partial charge in [0, 0.05) is 12.1 Å². The molecule has 0 bridgehead atoms. The molecule has 1 aliphatic rings. The Bertz CT molecular complexity index is 815. The predicted octanol–water partition coefficient (Wildman–Crippen LogP) is 3.02. The molecule has 6 nitrogen and oxygen atoms in total. The van der Waals surface area contributed by atoms with Crippen molar-refractivity contribution in [1.82, 2.24) is 5.32 Å². The number of carbonyl (C=O) groups is 2. The monoisotopic (exact) mass is 352 g/mol. The van der Waals surface area contributed by atoms with E-state index in [0.29, 0.717) is 17.7 Å². The Morgan fingerprint density at radius 3 is 2.54 bits per heavy atom. The summed E-state index contributed by atoms with van der Waals surface area (Å²) in [5, 5.41) is 12.2. The van der Waals surface area contributed by atoms with E-state index in [4.69, 9.17) is 4.74 Å². The normalized spacial score (nSPS) is 19.4. The third-order valence-electron chi connectivity index (χ3n) is 4.32. The fourth-order valence-electron chi connectivity index (χ4n) is 2.99. The summed E-state index contributed by atoms with van der Waals surface area (Å²) in [5.74, 6) is -1.02. The van der Waals surface area contributed by atoms with Crippen molar-refractivity contribution >= 4 is 17.7 Å². The predicted molar refractivity (Wildman–Crippen MR) is 97.1 cm³/mol. The fourth-order valence-corrected chi connectivity index (χ4v) is 2.99. The van der Waals surface area contributed by atoms with Gasteiger partial charge in [-0.05, 0) is 30.2 Å². The molecule has 2 unspecified atom stereocenters. The van der Waals surface area contributed by atoms with Gasteiger partial charge in [0.15, 0.2) is 0 Å². The van der Waals surface area contributed by atoms with E-state index in [9.17, 15) is 14.7 Å². The molecule has 0 aliphatic carbocycles. The average molecular weight is 352 g/mol. The molecular weight excluding hydrogens is 332 g/mol. The van der Waals surface area contributed by atoms with Gasteiger partial charge in [-0.3, -0.25) is 4.79 Å². The number of hydrogen-bond donors (Lipinski definition) is 2. The van der Waals surface area contributed by atoms with Gasteiger partial charge in [-0.15, -0.1) is 0 Å². The molecule has 1 heterocycles. The van der Waals surface area contributed by atoms with E-state index in [2.05, 4.69) is 10.3 Å². The second-order valence-corrected chi connectivity index (χ2v) is 6.15. The number of rotatable bonds is 5. The van der Waals surface area contributed by atoms with Crippen LogP contribution in [0.15, 0.2) is 59.6 Å². The zero-order valence-electron chi connectivity index (χ0n) is 14.4. The number of phenolic OH excluding ortho intramolecular Hbond substituents is 1. The summed E-state index contributed by atoms with van der Waals surface area (Å²) < 4.78 is 5.45. The van der Waals surface area contributed by atoms with E-state index in [1.165, 1.54) is 12.1 Å². The SMILES string of the molecule is CC1=NC(=O)NC(c2ccc(O)cc2)C1C(=O)OCCc1ccccc1. The number of phenols is 1. The zero-order valence-corrected chi connectivity index (χ0v) is 14.4. The van der Waals surface area contributed by atoms with E-state index < -0.39 is 24.0 Å². The van der Waals surface area contributed by atoms with Gasteiger partial charge in [-0.25, -0.2) is 9.79 Å². The summed E-state index contributed by atoms with van der Waals surface area (Å²) in [6.07, 6.45) is 0.617. The molecule has 0 saturated heterocycles. The van der Waals surface area contributed by atoms with Crippen molar-refractivity contribution in [1.29, 1.82) is 0 Å². The fraction of sp³-hybridized carbons (Fsp3) is 0.250. The first-order valence-electron chi connectivity index (χ1n) is 8.40. The summed E-state index contributed by atoms with van der Waals surface area (Å²) in [6, 6.07) is 15.0. The van der Waals surface area contributed by atoms with Crippen LogP contribution in [0.2, 0.25) is 0 Å². The van der Waals surface area contributed by atoms with Crippen molar-refractivity contribution < 1.29 is 19.4 Å². The van der Waals surface area contributed by atoms with Crippen molar-refractivity contribution in [3.63, 3.8) is 0 Å². The standard InChI is InChI=1S/C20H20N2O4/c1-13-17(19(24)26-12-11-14-5-3-2-4-6-14)18(22-20(25)21-13)15-7-9-16(23)10-8-15/h2-10,17-18,23H,11-12H2,1H3,(H,22,25). The summed E-state index contributed by atoms with van der Waals surface area (Å²) >= 11 is 0. The minimum Gasteiger partial charge on any atom is -0.508 e. The van der Waals surface area contributed by atoms with Gasteiger partial charge < -0.3 is 15.2 Å². The molecule has 0 saturated carbocycles. The Balaban J connectivity index is 1.73. The summed E-state index contributed by atoms with van der Waals surface area (Å²) in [7, 11) is 0. The second-order valence-electron chi connectivity index (χ2n) is 6.15. The molecule has 2 aromatic rings. The van der Waals surface area contributed by atoms with Gasteiger partial charge in [0.25, 0.3) is 0 Å². The van der Waals surface area contributed by atoms with Gasteiger partial charge in [0.05, 0.1) is 12.6 Å². The quantitative estimate of drug-likeness (QED) is 0.810. The van der Waals surface area contributed by atoms with Crippen LogP contribution >= 0.6 is 0 Å². The molecule has 134 valence electrons. The number of ether oxygens (including phenoxy) is 1. The Hall–Kier alpha value is -3.15. The van der Waals surface area contributed by atoms with Gasteiger partial charge in [-0.1, -0.05) is 42.5 Å². The van der Waals surface area contributed by atoms with Crippen molar-refractivity contribution in [3.8, 4) is 5.75 Å². The molecule has 2 amide bonds. The minimum atomic E-state index is -0.701. The number of aromatic hydroxyl groups is 1. The first-order valence-corrected chi connectivity index (χ1v) is 8.40. The highest BCUT2D eigenvalue weighted by Gasteiger charge is 2.37. The molecule has 0 fully saturated rings. The van der Waals surface area contributed by atoms with Crippen LogP contribution in [0.4, 0.5) is 4.79 Å². The molecule has 6 heteroatoms. The molecule has 0 radical (unpaired) electrons. The number of nitrogens with zero attached hydrogens (tertiary/aromatic N) is 1. The van der Waals surface area contributed by atoms with E-state index in [0.717, 1.165) is 5.56 Å². The molecule has 2 aromatic carbocycles. The van der Waals surface area contributed by atoms with Crippen LogP contribution in [-0.4, -0.2) is 29.4 Å². The van der Waals surface area contributed by atoms with Crippen molar-refractivity contribution in [3.05, 3.63) is 65.7 Å². The minimum absolute atomic E-state index is 0.114. The Kier molecular flexibility index (Phi) is 5.31. The van der Waals surface area contributed by atoms with Crippen molar-refractivity contribution in [2.75, 3.05) is 6.61 Å². The lowest BCUT2D eigenvalue weighted by Gasteiger charge is -2.29. The van der Waals surface area contributed by atoms with Crippen LogP contribution in [0.1, 0.15) is 24.1 Å². The van der Waals surface area contributed by atoms with Crippen LogP contribution < -0.4 is 5.32 Å². The number of aliphatic imine (C=N–C) groups is 1. The molecule has 0 aromatic heterocycles. The van der Waals surface area contributed by atoms with Crippen LogP contribution in [-0.2, 0) is 16.0 Å². The van der Waals surface area contributed by atoms with Crippen LogP contribution in [0.3, 0.4) is 0 Å². The Morgan fingerprint density at radius 2 is 1.85 bits per heavy atom. The van der Waals surface area contributed by atoms with E-state index in [1.807, 2.05) is 30.3 Å². The van der Waals surface area contributed by atoms with Crippen LogP contribution in [0.25, 0.3) is 0 Å². The lowest BCUT2D eigenvalue weighted by molar-refractivity contribution is -0.146. The van der Waals surface area contributed by atoms with E-state index in [1.54, 1.807) is 19.1 Å². The Morgan fingerprint density at radius 1 is 1.15 bits per heavy atom. The average Bonchev–Trinajstić information content (AvgIpc) is 2.62. The summed E-state index contributed by atoms with van der Waals surface area (Å²) in [5.41, 5.74) is 2.20. The molecule has 0 spiro atoms. The molecule has 26 heavy (non-hydrogen) atoms. The topological polar surface area (TPSA) is 88.0 Å². The number of urea groups is 1. The highest BCUT2D eigenvalue weighted by Crippen LogP contribution is 2.29. The highest BCUT2D eigenvalue weighted by atomic mass is 16.5.